The third-order valence-electron chi connectivity index (χ3n) is 1.90. The van der Waals surface area contributed by atoms with Gasteiger partial charge in [-0.15, -0.1) is 0 Å². The van der Waals surface area contributed by atoms with E-state index in [0.717, 1.165) is 0 Å². The Kier molecular flexibility index (Phi) is 2.33. The molecule has 0 spiro atoms. The van der Waals surface area contributed by atoms with E-state index in [2.05, 4.69) is 20.9 Å². The molecule has 72 valence electrons. The average Bonchev–Trinajstić information content (AvgIpc) is 2.17. The van der Waals surface area contributed by atoms with Crippen molar-refractivity contribution in [2.75, 3.05) is 0 Å². The summed E-state index contributed by atoms with van der Waals surface area (Å²) in [5, 5.41) is 0.275. The molecule has 1 heterocycles. The predicted octanol–water partition coefficient (Wildman–Crippen LogP) is 3.08. The summed E-state index contributed by atoms with van der Waals surface area (Å²) < 4.78 is 13.8. The van der Waals surface area contributed by atoms with Gasteiger partial charge in [0.15, 0.2) is 5.82 Å². The maximum atomic E-state index is 13.4. The molecule has 1 aromatic carbocycles. The predicted molar refractivity (Wildman–Crippen MR) is 57.2 cm³/mol. The lowest BCUT2D eigenvalue weighted by molar-refractivity contribution is 0.637. The van der Waals surface area contributed by atoms with E-state index in [1.807, 2.05) is 0 Å². The highest BCUT2D eigenvalue weighted by atomic mass is 79.9. The molecule has 2 nitrogen and oxygen atoms in total. The Hall–Kier alpha value is -0.870. The summed E-state index contributed by atoms with van der Waals surface area (Å²) in [5.74, 6) is -0.603. The van der Waals surface area contributed by atoms with E-state index in [1.165, 1.54) is 18.3 Å². The second kappa shape index (κ2) is 3.37. The van der Waals surface area contributed by atoms with Crippen LogP contribution in [0.15, 0.2) is 27.6 Å². The molecule has 0 aliphatic rings. The number of pyridine rings is 1. The van der Waals surface area contributed by atoms with Crippen LogP contribution in [-0.4, -0.2) is 4.98 Å². The van der Waals surface area contributed by atoms with E-state index >= 15 is 0 Å². The van der Waals surface area contributed by atoms with Crippen molar-refractivity contribution in [3.8, 4) is 0 Å². The van der Waals surface area contributed by atoms with Crippen LogP contribution < -0.4 is 5.43 Å². The summed E-state index contributed by atoms with van der Waals surface area (Å²) in [6.07, 6.45) is 1.39. The van der Waals surface area contributed by atoms with Crippen molar-refractivity contribution in [2.45, 2.75) is 0 Å². The highest BCUT2D eigenvalue weighted by Crippen LogP contribution is 2.21. The lowest BCUT2D eigenvalue weighted by Gasteiger charge is -2.00. The van der Waals surface area contributed by atoms with Gasteiger partial charge >= 0.3 is 0 Å². The lowest BCUT2D eigenvalue weighted by atomic mass is 10.2. The molecule has 2 aromatic rings. The number of benzene rings is 1. The first-order valence-electron chi connectivity index (χ1n) is 3.76. The number of hydrogen-bond donors (Lipinski definition) is 1. The number of rotatable bonds is 0. The minimum absolute atomic E-state index is 0.00419. The largest absolute Gasteiger partial charge is 0.357 e. The third kappa shape index (κ3) is 1.35. The number of aromatic nitrogens is 1. The van der Waals surface area contributed by atoms with Gasteiger partial charge < -0.3 is 4.98 Å². The van der Waals surface area contributed by atoms with Crippen molar-refractivity contribution < 1.29 is 4.39 Å². The quantitative estimate of drug-likeness (QED) is 0.788. The van der Waals surface area contributed by atoms with Gasteiger partial charge in [0.2, 0.25) is 5.43 Å². The van der Waals surface area contributed by atoms with Crippen LogP contribution in [0.4, 0.5) is 4.39 Å². The van der Waals surface area contributed by atoms with E-state index in [1.54, 1.807) is 0 Å². The van der Waals surface area contributed by atoms with Crippen LogP contribution in [0.25, 0.3) is 10.9 Å². The molecule has 0 saturated carbocycles. The molecule has 0 aliphatic heterocycles. The average molecular weight is 276 g/mol. The van der Waals surface area contributed by atoms with E-state index in [0.29, 0.717) is 4.47 Å². The van der Waals surface area contributed by atoms with Crippen molar-refractivity contribution in [2.24, 2.45) is 0 Å². The number of H-pyrrole nitrogens is 1. The Morgan fingerprint density at radius 1 is 1.43 bits per heavy atom. The molecule has 2 rings (SSSR count). The molecular formula is C9H4BrClFNO. The van der Waals surface area contributed by atoms with Gasteiger partial charge in [-0.3, -0.25) is 4.79 Å². The summed E-state index contributed by atoms with van der Waals surface area (Å²) in [4.78, 5) is 14.2. The first-order valence-corrected chi connectivity index (χ1v) is 4.93. The Morgan fingerprint density at radius 3 is 2.86 bits per heavy atom. The van der Waals surface area contributed by atoms with Crippen molar-refractivity contribution >= 4 is 38.4 Å². The first kappa shape index (κ1) is 9.68. The van der Waals surface area contributed by atoms with Gasteiger partial charge in [-0.2, -0.15) is 0 Å². The highest BCUT2D eigenvalue weighted by Gasteiger charge is 2.09. The Labute approximate surface area is 91.8 Å². The van der Waals surface area contributed by atoms with Crippen LogP contribution in [0.1, 0.15) is 0 Å². The SMILES string of the molecule is O=c1c(Br)c[nH]c2c(F)c(Cl)ccc12. The van der Waals surface area contributed by atoms with Crippen molar-refractivity contribution in [3.63, 3.8) is 0 Å². The minimum atomic E-state index is -0.603. The van der Waals surface area contributed by atoms with E-state index in [-0.39, 0.29) is 21.4 Å². The number of halogens is 3. The van der Waals surface area contributed by atoms with Crippen LogP contribution in [0.5, 0.6) is 0 Å². The fourth-order valence-corrected chi connectivity index (χ4v) is 1.70. The zero-order valence-electron chi connectivity index (χ0n) is 6.77. The molecule has 0 radical (unpaired) electrons. The van der Waals surface area contributed by atoms with Crippen molar-refractivity contribution in [1.82, 2.24) is 4.98 Å². The van der Waals surface area contributed by atoms with Crippen LogP contribution >= 0.6 is 27.5 Å². The minimum Gasteiger partial charge on any atom is -0.357 e. The zero-order chi connectivity index (χ0) is 10.3. The molecule has 0 fully saturated rings. The molecular weight excluding hydrogens is 272 g/mol. The van der Waals surface area contributed by atoms with Gasteiger partial charge in [-0.05, 0) is 28.1 Å². The Morgan fingerprint density at radius 2 is 2.14 bits per heavy atom. The molecule has 0 amide bonds. The monoisotopic (exact) mass is 275 g/mol. The fraction of sp³-hybridized carbons (Fsp3) is 0. The van der Waals surface area contributed by atoms with Gasteiger partial charge in [-0.25, -0.2) is 4.39 Å². The van der Waals surface area contributed by atoms with Gasteiger partial charge in [0.25, 0.3) is 0 Å². The number of hydrogen-bond acceptors (Lipinski definition) is 1. The van der Waals surface area contributed by atoms with E-state index in [4.69, 9.17) is 11.6 Å². The van der Waals surface area contributed by atoms with E-state index < -0.39 is 5.82 Å². The summed E-state index contributed by atoms with van der Waals surface area (Å²) in [6.45, 7) is 0. The van der Waals surface area contributed by atoms with Crippen LogP contribution in [-0.2, 0) is 0 Å². The number of fused-ring (bicyclic) bond motifs is 1. The van der Waals surface area contributed by atoms with Gasteiger partial charge in [0, 0.05) is 11.6 Å². The van der Waals surface area contributed by atoms with Gasteiger partial charge in [0.05, 0.1) is 15.0 Å². The maximum absolute atomic E-state index is 13.4. The smallest absolute Gasteiger partial charge is 0.203 e. The molecule has 0 atom stereocenters. The lowest BCUT2D eigenvalue weighted by Crippen LogP contribution is -2.04. The number of nitrogens with one attached hydrogen (secondary N) is 1. The molecule has 1 aromatic heterocycles. The summed E-state index contributed by atoms with van der Waals surface area (Å²) in [5.41, 5.74) is -0.125. The van der Waals surface area contributed by atoms with Gasteiger partial charge in [-0.1, -0.05) is 11.6 Å². The summed E-state index contributed by atoms with van der Waals surface area (Å²) >= 11 is 8.63. The molecule has 5 heteroatoms. The standard InChI is InChI=1S/C9H4BrClFNO/c10-5-3-13-8-4(9(5)14)1-2-6(11)7(8)12/h1-3H,(H,13,14). The maximum Gasteiger partial charge on any atom is 0.203 e. The Bertz CT molecular complexity index is 566. The number of aromatic amines is 1. The summed E-state index contributed by atoms with van der Waals surface area (Å²) in [6, 6.07) is 2.85. The summed E-state index contributed by atoms with van der Waals surface area (Å²) in [7, 11) is 0. The van der Waals surface area contributed by atoms with Gasteiger partial charge in [0.1, 0.15) is 0 Å². The van der Waals surface area contributed by atoms with Crippen LogP contribution in [0, 0.1) is 5.82 Å². The van der Waals surface area contributed by atoms with Crippen LogP contribution in [0.3, 0.4) is 0 Å². The second-order valence-corrected chi connectivity index (χ2v) is 4.01. The van der Waals surface area contributed by atoms with Crippen LogP contribution in [0.2, 0.25) is 5.02 Å². The van der Waals surface area contributed by atoms with Crippen molar-refractivity contribution in [1.29, 1.82) is 0 Å². The first-order chi connectivity index (χ1) is 6.61. The molecule has 0 bridgehead atoms. The van der Waals surface area contributed by atoms with E-state index in [9.17, 15) is 9.18 Å². The third-order valence-corrected chi connectivity index (χ3v) is 2.78. The molecule has 1 N–H and O–H groups in total. The Balaban J connectivity index is 3.02. The molecule has 14 heavy (non-hydrogen) atoms. The van der Waals surface area contributed by atoms with Crippen molar-refractivity contribution in [3.05, 3.63) is 43.9 Å². The molecule has 0 aliphatic carbocycles. The molecule has 0 saturated heterocycles. The zero-order valence-corrected chi connectivity index (χ0v) is 9.12. The second-order valence-electron chi connectivity index (χ2n) is 2.75. The topological polar surface area (TPSA) is 32.9 Å². The normalized spacial score (nSPS) is 10.8. The highest BCUT2D eigenvalue weighted by molar-refractivity contribution is 9.10. The molecule has 0 unspecified atom stereocenters. The fourth-order valence-electron chi connectivity index (χ4n) is 1.21.